The van der Waals surface area contributed by atoms with Gasteiger partial charge in [0.15, 0.2) is 5.11 Å². The molecule has 1 fully saturated rings. The van der Waals surface area contributed by atoms with Crippen LogP contribution in [0.3, 0.4) is 0 Å². The van der Waals surface area contributed by atoms with E-state index in [9.17, 15) is 0 Å². The SMILES string of the molecule is COc1ccc(NC(=S)NC2CCCCCC2)cc1Cl. The Labute approximate surface area is 131 Å². The highest BCUT2D eigenvalue weighted by molar-refractivity contribution is 7.80. The lowest BCUT2D eigenvalue weighted by molar-refractivity contribution is 0.415. The largest absolute Gasteiger partial charge is 0.495 e. The molecule has 0 radical (unpaired) electrons. The van der Waals surface area contributed by atoms with E-state index in [2.05, 4.69) is 10.6 Å². The molecule has 1 aliphatic carbocycles. The van der Waals surface area contributed by atoms with Crippen LogP contribution >= 0.6 is 23.8 Å². The Morgan fingerprint density at radius 3 is 2.55 bits per heavy atom. The van der Waals surface area contributed by atoms with E-state index in [4.69, 9.17) is 28.6 Å². The molecule has 1 saturated carbocycles. The van der Waals surface area contributed by atoms with Crippen LogP contribution in [0.15, 0.2) is 18.2 Å². The van der Waals surface area contributed by atoms with Crippen molar-refractivity contribution < 1.29 is 4.74 Å². The molecule has 1 aromatic carbocycles. The third-order valence-electron chi connectivity index (χ3n) is 3.60. The minimum Gasteiger partial charge on any atom is -0.495 e. The third kappa shape index (κ3) is 4.53. The second-order valence-corrected chi connectivity index (χ2v) is 5.95. The van der Waals surface area contributed by atoms with Crippen molar-refractivity contribution in [1.82, 2.24) is 5.32 Å². The molecule has 1 aliphatic rings. The van der Waals surface area contributed by atoms with Crippen LogP contribution in [-0.4, -0.2) is 18.3 Å². The van der Waals surface area contributed by atoms with Gasteiger partial charge in [-0.05, 0) is 43.3 Å². The van der Waals surface area contributed by atoms with Gasteiger partial charge >= 0.3 is 0 Å². The predicted molar refractivity (Wildman–Crippen MR) is 88.9 cm³/mol. The fraction of sp³-hybridized carbons (Fsp3) is 0.533. The van der Waals surface area contributed by atoms with E-state index < -0.39 is 0 Å². The van der Waals surface area contributed by atoms with Crippen molar-refractivity contribution in [3.63, 3.8) is 0 Å². The summed E-state index contributed by atoms with van der Waals surface area (Å²) < 4.78 is 5.13. The minimum absolute atomic E-state index is 0.492. The maximum atomic E-state index is 6.10. The molecule has 1 aromatic rings. The van der Waals surface area contributed by atoms with Crippen molar-refractivity contribution in [1.29, 1.82) is 0 Å². The van der Waals surface area contributed by atoms with Gasteiger partial charge in [0, 0.05) is 11.7 Å². The standard InChI is InChI=1S/C15H21ClN2OS/c1-19-14-9-8-12(10-13(14)16)18-15(20)17-11-6-4-2-3-5-7-11/h8-11H,2-7H2,1H3,(H2,17,18,20). The maximum Gasteiger partial charge on any atom is 0.170 e. The summed E-state index contributed by atoms with van der Waals surface area (Å²) in [6.45, 7) is 0. The van der Waals surface area contributed by atoms with Gasteiger partial charge < -0.3 is 15.4 Å². The zero-order valence-corrected chi connectivity index (χ0v) is 13.3. The zero-order valence-electron chi connectivity index (χ0n) is 11.7. The van der Waals surface area contributed by atoms with E-state index in [-0.39, 0.29) is 0 Å². The molecule has 0 amide bonds. The van der Waals surface area contributed by atoms with E-state index >= 15 is 0 Å². The summed E-state index contributed by atoms with van der Waals surface area (Å²) in [7, 11) is 1.60. The number of halogens is 1. The number of ether oxygens (including phenoxy) is 1. The summed E-state index contributed by atoms with van der Waals surface area (Å²) in [6, 6.07) is 6.05. The maximum absolute atomic E-state index is 6.10. The molecule has 2 N–H and O–H groups in total. The monoisotopic (exact) mass is 312 g/mol. The summed E-state index contributed by atoms with van der Waals surface area (Å²) in [5.74, 6) is 0.667. The van der Waals surface area contributed by atoms with Gasteiger partial charge in [0.05, 0.1) is 12.1 Å². The van der Waals surface area contributed by atoms with Crippen LogP contribution in [0.25, 0.3) is 0 Å². The quantitative estimate of drug-likeness (QED) is 0.642. The smallest absolute Gasteiger partial charge is 0.170 e. The first-order chi connectivity index (χ1) is 9.69. The lowest BCUT2D eigenvalue weighted by atomic mass is 10.1. The van der Waals surface area contributed by atoms with Crippen LogP contribution in [0.2, 0.25) is 5.02 Å². The summed E-state index contributed by atoms with van der Waals surface area (Å²) in [6.07, 6.45) is 7.65. The number of nitrogens with one attached hydrogen (secondary N) is 2. The van der Waals surface area contributed by atoms with Crippen molar-refractivity contribution >= 4 is 34.6 Å². The molecule has 0 aliphatic heterocycles. The molecule has 0 saturated heterocycles. The van der Waals surface area contributed by atoms with Crippen molar-refractivity contribution in [2.45, 2.75) is 44.6 Å². The summed E-state index contributed by atoms with van der Waals surface area (Å²) in [5, 5.41) is 7.83. The first-order valence-electron chi connectivity index (χ1n) is 7.10. The summed E-state index contributed by atoms with van der Waals surface area (Å²) in [5.41, 5.74) is 0.877. The van der Waals surface area contributed by atoms with Crippen LogP contribution in [0.1, 0.15) is 38.5 Å². The highest BCUT2D eigenvalue weighted by Crippen LogP contribution is 2.27. The van der Waals surface area contributed by atoms with E-state index in [1.165, 1.54) is 38.5 Å². The molecular formula is C15H21ClN2OS. The van der Waals surface area contributed by atoms with Crippen LogP contribution < -0.4 is 15.4 Å². The molecule has 0 unspecified atom stereocenters. The average molecular weight is 313 g/mol. The molecular weight excluding hydrogens is 292 g/mol. The molecule has 0 aromatic heterocycles. The summed E-state index contributed by atoms with van der Waals surface area (Å²) in [4.78, 5) is 0. The normalized spacial score (nSPS) is 16.3. The average Bonchev–Trinajstić information content (AvgIpc) is 2.67. The van der Waals surface area contributed by atoms with Gasteiger partial charge in [-0.1, -0.05) is 37.3 Å². The Kier molecular flexibility index (Phi) is 5.92. The van der Waals surface area contributed by atoms with Gasteiger partial charge in [-0.25, -0.2) is 0 Å². The van der Waals surface area contributed by atoms with Gasteiger partial charge in [-0.3, -0.25) is 0 Å². The van der Waals surface area contributed by atoms with Crippen LogP contribution in [0.5, 0.6) is 5.75 Å². The van der Waals surface area contributed by atoms with E-state index in [1.807, 2.05) is 18.2 Å². The number of hydrogen-bond acceptors (Lipinski definition) is 2. The highest BCUT2D eigenvalue weighted by Gasteiger charge is 2.13. The van der Waals surface area contributed by atoms with E-state index in [1.54, 1.807) is 7.11 Å². The summed E-state index contributed by atoms with van der Waals surface area (Å²) >= 11 is 11.5. The second kappa shape index (κ2) is 7.70. The topological polar surface area (TPSA) is 33.3 Å². The van der Waals surface area contributed by atoms with Gasteiger partial charge in [-0.2, -0.15) is 0 Å². The van der Waals surface area contributed by atoms with Crippen LogP contribution in [-0.2, 0) is 0 Å². The molecule has 0 bridgehead atoms. The number of rotatable bonds is 3. The fourth-order valence-electron chi connectivity index (χ4n) is 2.52. The van der Waals surface area contributed by atoms with Crippen molar-refractivity contribution in [3.05, 3.63) is 23.2 Å². The van der Waals surface area contributed by atoms with E-state index in [0.29, 0.717) is 21.9 Å². The van der Waals surface area contributed by atoms with Crippen molar-refractivity contribution in [2.75, 3.05) is 12.4 Å². The first-order valence-corrected chi connectivity index (χ1v) is 7.88. The number of methoxy groups -OCH3 is 1. The molecule has 3 nitrogen and oxygen atoms in total. The van der Waals surface area contributed by atoms with Gasteiger partial charge in [0.1, 0.15) is 5.75 Å². The van der Waals surface area contributed by atoms with Crippen LogP contribution in [0, 0.1) is 0 Å². The molecule has 0 heterocycles. The number of anilines is 1. The molecule has 110 valence electrons. The lowest BCUT2D eigenvalue weighted by Gasteiger charge is -2.19. The van der Waals surface area contributed by atoms with Gasteiger partial charge in [-0.15, -0.1) is 0 Å². The Balaban J connectivity index is 1.88. The molecule has 0 spiro atoms. The first kappa shape index (κ1) is 15.4. The van der Waals surface area contributed by atoms with Crippen molar-refractivity contribution in [3.8, 4) is 5.75 Å². The Morgan fingerprint density at radius 1 is 1.25 bits per heavy atom. The minimum atomic E-state index is 0.492. The van der Waals surface area contributed by atoms with Gasteiger partial charge in [0.2, 0.25) is 0 Å². The number of hydrogen-bond donors (Lipinski definition) is 2. The molecule has 0 atom stereocenters. The predicted octanol–water partition coefficient (Wildman–Crippen LogP) is 4.36. The molecule has 5 heteroatoms. The second-order valence-electron chi connectivity index (χ2n) is 5.14. The Hall–Kier alpha value is -1.00. The van der Waals surface area contributed by atoms with E-state index in [0.717, 1.165) is 5.69 Å². The van der Waals surface area contributed by atoms with Crippen molar-refractivity contribution in [2.24, 2.45) is 0 Å². The number of benzene rings is 1. The lowest BCUT2D eigenvalue weighted by Crippen LogP contribution is -2.37. The fourth-order valence-corrected chi connectivity index (χ4v) is 3.06. The third-order valence-corrected chi connectivity index (χ3v) is 4.12. The van der Waals surface area contributed by atoms with Crippen LogP contribution in [0.4, 0.5) is 5.69 Å². The molecule has 2 rings (SSSR count). The highest BCUT2D eigenvalue weighted by atomic mass is 35.5. The van der Waals surface area contributed by atoms with Gasteiger partial charge in [0.25, 0.3) is 0 Å². The zero-order chi connectivity index (χ0) is 14.4. The molecule has 20 heavy (non-hydrogen) atoms. The number of thiocarbonyl (C=S) groups is 1. The Bertz CT molecular complexity index is 459. The Morgan fingerprint density at radius 2 is 1.95 bits per heavy atom.